The van der Waals surface area contributed by atoms with E-state index >= 15 is 0 Å². The third-order valence-corrected chi connectivity index (χ3v) is 4.03. The molecule has 0 aliphatic rings. The highest BCUT2D eigenvalue weighted by molar-refractivity contribution is 5.85. The van der Waals surface area contributed by atoms with Crippen LogP contribution in [0.3, 0.4) is 0 Å². The van der Waals surface area contributed by atoms with E-state index in [9.17, 15) is 4.79 Å². The average Bonchev–Trinajstić information content (AvgIpc) is 3.35. The lowest BCUT2D eigenvalue weighted by atomic mass is 10.1. The van der Waals surface area contributed by atoms with E-state index in [1.807, 2.05) is 18.2 Å². The van der Waals surface area contributed by atoms with Crippen molar-refractivity contribution in [3.63, 3.8) is 0 Å². The number of carbonyl (C=O) groups excluding carboxylic acids is 1. The normalized spacial score (nSPS) is 10.4. The highest BCUT2D eigenvalue weighted by Crippen LogP contribution is 2.16. The largest absolute Gasteiger partial charge is 0.461 e. The molecule has 0 fully saturated rings. The number of furan rings is 1. The van der Waals surface area contributed by atoms with Crippen LogP contribution in [0.1, 0.15) is 17.9 Å². The van der Waals surface area contributed by atoms with Gasteiger partial charge in [-0.15, -0.1) is 12.4 Å². The molecule has 8 heteroatoms. The van der Waals surface area contributed by atoms with Crippen LogP contribution in [0.25, 0.3) is 11.6 Å². The standard InChI is InChI=1S/C19H22N4O3.ClH/c20-11-13-23(12-10-15-5-2-1-3-6-15)18(24)9-8-17-21-19(22-26-17)16-7-4-14-25-16;/h1-7,14H,8-13,20H2;1H. The number of hydrogen-bond donors (Lipinski definition) is 1. The Bertz CT molecular complexity index is 805. The van der Waals surface area contributed by atoms with E-state index in [1.165, 1.54) is 5.56 Å². The fraction of sp³-hybridized carbons (Fsp3) is 0.316. The van der Waals surface area contributed by atoms with Crippen LogP contribution >= 0.6 is 12.4 Å². The summed E-state index contributed by atoms with van der Waals surface area (Å²) < 4.78 is 10.4. The predicted octanol–water partition coefficient (Wildman–Crippen LogP) is 2.71. The molecule has 0 aliphatic carbocycles. The Morgan fingerprint density at radius 3 is 2.59 bits per heavy atom. The first-order valence-electron chi connectivity index (χ1n) is 8.64. The Kier molecular flexibility index (Phi) is 8.03. The third kappa shape index (κ3) is 5.94. The van der Waals surface area contributed by atoms with Gasteiger partial charge in [0.2, 0.25) is 17.6 Å². The van der Waals surface area contributed by atoms with Crippen molar-refractivity contribution in [1.29, 1.82) is 0 Å². The molecule has 0 bridgehead atoms. The van der Waals surface area contributed by atoms with Gasteiger partial charge in [0.05, 0.1) is 6.26 Å². The van der Waals surface area contributed by atoms with Crippen LogP contribution in [0.15, 0.2) is 57.7 Å². The van der Waals surface area contributed by atoms with Gasteiger partial charge in [-0.05, 0) is 24.1 Å². The molecule has 0 atom stereocenters. The summed E-state index contributed by atoms with van der Waals surface area (Å²) in [5.41, 5.74) is 6.85. The molecule has 144 valence electrons. The molecular weight excluding hydrogens is 368 g/mol. The number of carbonyl (C=O) groups is 1. The zero-order valence-electron chi connectivity index (χ0n) is 14.9. The number of nitrogens with zero attached hydrogens (tertiary/aromatic N) is 3. The van der Waals surface area contributed by atoms with Gasteiger partial charge in [0.25, 0.3) is 0 Å². The Morgan fingerprint density at radius 1 is 1.07 bits per heavy atom. The van der Waals surface area contributed by atoms with Gasteiger partial charge in [-0.2, -0.15) is 4.98 Å². The van der Waals surface area contributed by atoms with Crippen LogP contribution in [0, 0.1) is 0 Å². The average molecular weight is 391 g/mol. The maximum absolute atomic E-state index is 12.5. The van der Waals surface area contributed by atoms with E-state index in [0.29, 0.717) is 50.0 Å². The molecule has 2 aromatic heterocycles. The molecule has 1 amide bonds. The van der Waals surface area contributed by atoms with Crippen molar-refractivity contribution in [1.82, 2.24) is 15.0 Å². The Balaban J connectivity index is 0.00000261. The maximum Gasteiger partial charge on any atom is 0.238 e. The first kappa shape index (κ1) is 20.7. The molecule has 0 radical (unpaired) electrons. The highest BCUT2D eigenvalue weighted by Gasteiger charge is 2.16. The topological polar surface area (TPSA) is 98.4 Å². The molecule has 7 nitrogen and oxygen atoms in total. The molecule has 1 aromatic carbocycles. The van der Waals surface area contributed by atoms with Crippen molar-refractivity contribution >= 4 is 18.3 Å². The van der Waals surface area contributed by atoms with Crippen molar-refractivity contribution < 1.29 is 13.7 Å². The predicted molar refractivity (Wildman–Crippen MR) is 103 cm³/mol. The van der Waals surface area contributed by atoms with Crippen molar-refractivity contribution in [3.05, 3.63) is 60.2 Å². The minimum Gasteiger partial charge on any atom is -0.461 e. The van der Waals surface area contributed by atoms with Crippen molar-refractivity contribution in [3.8, 4) is 11.6 Å². The maximum atomic E-state index is 12.5. The van der Waals surface area contributed by atoms with E-state index in [4.69, 9.17) is 14.7 Å². The van der Waals surface area contributed by atoms with Crippen LogP contribution in [-0.4, -0.2) is 40.6 Å². The Morgan fingerprint density at radius 2 is 1.89 bits per heavy atom. The summed E-state index contributed by atoms with van der Waals surface area (Å²) in [5.74, 6) is 1.38. The second-order valence-corrected chi connectivity index (χ2v) is 5.89. The first-order chi connectivity index (χ1) is 12.8. The number of halogens is 1. The molecule has 3 rings (SSSR count). The molecule has 0 spiro atoms. The van der Waals surface area contributed by atoms with E-state index in [-0.39, 0.29) is 18.3 Å². The van der Waals surface area contributed by atoms with Gasteiger partial charge in [-0.3, -0.25) is 4.79 Å². The molecule has 0 unspecified atom stereocenters. The van der Waals surface area contributed by atoms with Gasteiger partial charge >= 0.3 is 0 Å². The number of nitrogens with two attached hydrogens (primary N) is 1. The number of hydrogen-bond acceptors (Lipinski definition) is 6. The lowest BCUT2D eigenvalue weighted by Crippen LogP contribution is -2.37. The molecule has 0 saturated heterocycles. The van der Waals surface area contributed by atoms with Crippen LogP contribution in [0.2, 0.25) is 0 Å². The molecule has 27 heavy (non-hydrogen) atoms. The summed E-state index contributed by atoms with van der Waals surface area (Å²) in [5, 5.41) is 3.87. The summed E-state index contributed by atoms with van der Waals surface area (Å²) in [6.07, 6.45) is 3.04. The number of rotatable bonds is 9. The second-order valence-electron chi connectivity index (χ2n) is 5.89. The molecule has 3 aromatic rings. The summed E-state index contributed by atoms with van der Waals surface area (Å²) in [6.45, 7) is 1.61. The number of benzene rings is 1. The van der Waals surface area contributed by atoms with Crippen molar-refractivity contribution in [2.24, 2.45) is 5.73 Å². The zero-order valence-corrected chi connectivity index (χ0v) is 15.7. The lowest BCUT2D eigenvalue weighted by Gasteiger charge is -2.22. The zero-order chi connectivity index (χ0) is 18.2. The molecule has 0 saturated carbocycles. The smallest absolute Gasteiger partial charge is 0.238 e. The first-order valence-corrected chi connectivity index (χ1v) is 8.64. The number of aromatic nitrogens is 2. The number of amides is 1. The van der Waals surface area contributed by atoms with Gasteiger partial charge in [0, 0.05) is 32.5 Å². The lowest BCUT2D eigenvalue weighted by molar-refractivity contribution is -0.131. The van der Waals surface area contributed by atoms with Gasteiger partial charge in [-0.1, -0.05) is 35.5 Å². The van der Waals surface area contributed by atoms with Crippen molar-refractivity contribution in [2.45, 2.75) is 19.3 Å². The fourth-order valence-electron chi connectivity index (χ4n) is 2.66. The Hall–Kier alpha value is -2.64. The van der Waals surface area contributed by atoms with Gasteiger partial charge in [-0.25, -0.2) is 0 Å². The SMILES string of the molecule is Cl.NCCN(CCc1ccccc1)C(=O)CCc1nc(-c2ccco2)no1. The molecule has 2 heterocycles. The monoisotopic (exact) mass is 390 g/mol. The van der Waals surface area contributed by atoms with Crippen LogP contribution in [-0.2, 0) is 17.6 Å². The molecular formula is C19H23ClN4O3. The molecule has 2 N–H and O–H groups in total. The summed E-state index contributed by atoms with van der Waals surface area (Å²) in [4.78, 5) is 18.6. The second kappa shape index (κ2) is 10.5. The minimum absolute atomic E-state index is 0. The minimum atomic E-state index is 0. The molecule has 0 aliphatic heterocycles. The van der Waals surface area contributed by atoms with Gasteiger partial charge in [0.15, 0.2) is 5.76 Å². The van der Waals surface area contributed by atoms with Crippen LogP contribution in [0.5, 0.6) is 0 Å². The van der Waals surface area contributed by atoms with E-state index < -0.39 is 0 Å². The van der Waals surface area contributed by atoms with Crippen molar-refractivity contribution in [2.75, 3.05) is 19.6 Å². The van der Waals surface area contributed by atoms with Gasteiger partial charge in [0.1, 0.15) is 0 Å². The van der Waals surface area contributed by atoms with E-state index in [0.717, 1.165) is 6.42 Å². The quantitative estimate of drug-likeness (QED) is 0.603. The van der Waals surface area contributed by atoms with E-state index in [1.54, 1.807) is 23.3 Å². The van der Waals surface area contributed by atoms with Gasteiger partial charge < -0.3 is 19.6 Å². The number of aryl methyl sites for hydroxylation is 1. The summed E-state index contributed by atoms with van der Waals surface area (Å²) in [6, 6.07) is 13.6. The van der Waals surface area contributed by atoms with Crippen LogP contribution < -0.4 is 5.73 Å². The Labute approximate surface area is 163 Å². The van der Waals surface area contributed by atoms with E-state index in [2.05, 4.69) is 22.3 Å². The summed E-state index contributed by atoms with van der Waals surface area (Å²) >= 11 is 0. The summed E-state index contributed by atoms with van der Waals surface area (Å²) in [7, 11) is 0. The van der Waals surface area contributed by atoms with Crippen LogP contribution in [0.4, 0.5) is 0 Å². The fourth-order valence-corrected chi connectivity index (χ4v) is 2.66. The third-order valence-electron chi connectivity index (χ3n) is 4.03. The highest BCUT2D eigenvalue weighted by atomic mass is 35.5.